The molecule has 1 aliphatic rings. The standard InChI is InChI=1S/C62H93N17O15/c1-2-51(82)67-26-27-71-62(93)75-61(65)70-24-10-16-49(58(91)72-38-43-17-19-46(81)20-18-43)74-59(92)56(44-11-4-3-5-12-44)45-13-8-14-47(37-45)94-36-7-6-22-68-57(90)48(15-9-23-69-60(63)64)73-52(83)21-25-66-50(42-80)79-34-32-77(40-54(86)87)30-28-76(39-53(84)85)29-31-78(33-35-79)41-55(88)89/h3-5,8,11-14,17-20,37,42,48-50,56,66,81H,2,6-7,9-10,15-16,21-36,38-41H2,1H3,(H,67,82)(H,68,90)(H,72,91)(H,73,83)(H,74,92)(H,84,85)(H,86,87)(H,88,89)(H4,63,64,69)(H4,65,70,71,75,93)/t48-,49-,50?,56?/m1/s1. The van der Waals surface area contributed by atoms with Gasteiger partial charge in [0.1, 0.15) is 29.7 Å². The first-order chi connectivity index (χ1) is 45.1. The molecule has 94 heavy (non-hydrogen) atoms. The van der Waals surface area contributed by atoms with E-state index in [4.69, 9.17) is 21.9 Å². The number of nitrogens with two attached hydrogens (primary N) is 3. The van der Waals surface area contributed by atoms with E-state index in [0.29, 0.717) is 54.4 Å². The number of ether oxygens (including phenoxy) is 1. The molecule has 0 bridgehead atoms. The van der Waals surface area contributed by atoms with E-state index in [1.165, 1.54) is 12.1 Å². The van der Waals surface area contributed by atoms with Gasteiger partial charge in [-0.1, -0.05) is 61.5 Å². The first-order valence-corrected chi connectivity index (χ1v) is 31.3. The Balaban J connectivity index is 1.36. The lowest BCUT2D eigenvalue weighted by Crippen LogP contribution is -2.54. The number of carboxylic acid groups (broad SMARTS) is 3. The highest BCUT2D eigenvalue weighted by molar-refractivity contribution is 5.95. The number of aliphatic carboxylic acids is 3. The van der Waals surface area contributed by atoms with Gasteiger partial charge in [-0.25, -0.2) is 4.79 Å². The molecule has 0 spiro atoms. The van der Waals surface area contributed by atoms with Crippen molar-refractivity contribution in [1.82, 2.24) is 62.1 Å². The molecule has 516 valence electrons. The quantitative estimate of drug-likeness (QED) is 0.0128. The van der Waals surface area contributed by atoms with Crippen LogP contribution in [-0.4, -0.2) is 248 Å². The Kier molecular flexibility index (Phi) is 35.5. The van der Waals surface area contributed by atoms with Crippen molar-refractivity contribution in [3.8, 4) is 11.5 Å². The number of aldehydes is 1. The average Bonchev–Trinajstić information content (AvgIpc) is 0.829. The summed E-state index contributed by atoms with van der Waals surface area (Å²) >= 11 is 0. The molecule has 0 radical (unpaired) electrons. The van der Waals surface area contributed by atoms with Gasteiger partial charge in [0.15, 0.2) is 18.2 Å². The van der Waals surface area contributed by atoms with Gasteiger partial charge < -0.3 is 79.1 Å². The minimum atomic E-state index is -1.10. The summed E-state index contributed by atoms with van der Waals surface area (Å²) in [4.78, 5) is 142. The molecular formula is C62H93N17O15. The van der Waals surface area contributed by atoms with Crippen molar-refractivity contribution < 1.29 is 73.1 Å². The Hall–Kier alpha value is -9.50. The minimum Gasteiger partial charge on any atom is -0.508 e. The topological polar surface area (TPSA) is 473 Å². The van der Waals surface area contributed by atoms with Gasteiger partial charge in [0.05, 0.1) is 32.2 Å². The second-order valence-corrected chi connectivity index (χ2v) is 22.1. The van der Waals surface area contributed by atoms with E-state index in [-0.39, 0.29) is 174 Å². The smallest absolute Gasteiger partial charge is 0.321 e. The molecule has 0 aromatic heterocycles. The van der Waals surface area contributed by atoms with Gasteiger partial charge in [0.2, 0.25) is 29.5 Å². The molecule has 18 N–H and O–H groups in total. The van der Waals surface area contributed by atoms with E-state index in [1.54, 1.807) is 87.2 Å². The Morgan fingerprint density at radius 1 is 0.596 bits per heavy atom. The Bertz CT molecular complexity index is 2930. The number of carboxylic acids is 3. The maximum absolute atomic E-state index is 14.6. The number of hydrogen-bond acceptors (Lipinski definition) is 19. The summed E-state index contributed by atoms with van der Waals surface area (Å²) in [7, 11) is 0. The van der Waals surface area contributed by atoms with Crippen LogP contribution in [0, 0.1) is 0 Å². The predicted molar refractivity (Wildman–Crippen MR) is 348 cm³/mol. The van der Waals surface area contributed by atoms with Crippen LogP contribution in [-0.2, 0) is 49.7 Å². The lowest BCUT2D eigenvalue weighted by Gasteiger charge is -2.35. The van der Waals surface area contributed by atoms with Crippen LogP contribution in [0.25, 0.3) is 0 Å². The number of carbonyl (C=O) groups excluding carboxylic acids is 7. The molecule has 32 nitrogen and oxygen atoms in total. The number of hydrogen-bond donors (Lipinski definition) is 15. The molecule has 4 atom stereocenters. The molecular weight excluding hydrogens is 1220 g/mol. The van der Waals surface area contributed by atoms with Gasteiger partial charge in [0.25, 0.3) is 0 Å². The van der Waals surface area contributed by atoms with Gasteiger partial charge in [-0.05, 0) is 79.5 Å². The number of phenols is 1. The number of aliphatic imine (C=N–C) groups is 2. The zero-order valence-electron chi connectivity index (χ0n) is 53.2. The van der Waals surface area contributed by atoms with E-state index < -0.39 is 71.7 Å². The fourth-order valence-electron chi connectivity index (χ4n) is 9.84. The highest BCUT2D eigenvalue weighted by Gasteiger charge is 2.30. The summed E-state index contributed by atoms with van der Waals surface area (Å²) in [5.41, 5.74) is 18.9. The van der Waals surface area contributed by atoms with Crippen LogP contribution in [0.3, 0.4) is 0 Å². The van der Waals surface area contributed by atoms with Crippen molar-refractivity contribution in [2.24, 2.45) is 27.2 Å². The Morgan fingerprint density at radius 2 is 1.16 bits per heavy atom. The fraction of sp³-hybridized carbons (Fsp3) is 0.516. The minimum absolute atomic E-state index is 0.0231. The van der Waals surface area contributed by atoms with Gasteiger partial charge in [-0.3, -0.25) is 78.6 Å². The number of nitrogens with one attached hydrogen (secondary N) is 8. The molecule has 0 saturated carbocycles. The van der Waals surface area contributed by atoms with Crippen molar-refractivity contribution >= 4 is 71.7 Å². The number of phenolic OH excluding ortho intramolecular Hbond substituents is 1. The number of rotatable bonds is 39. The number of benzene rings is 3. The number of aromatic hydroxyl groups is 1. The molecule has 4 rings (SSSR count). The number of unbranched alkanes of at least 4 members (excludes halogenated alkanes) is 1. The number of nitrogens with zero attached hydrogens (tertiary/aromatic N) is 6. The van der Waals surface area contributed by atoms with Gasteiger partial charge in [0, 0.05) is 111 Å². The van der Waals surface area contributed by atoms with Gasteiger partial charge in [-0.2, -0.15) is 0 Å². The van der Waals surface area contributed by atoms with Crippen molar-refractivity contribution in [1.29, 1.82) is 0 Å². The summed E-state index contributed by atoms with van der Waals surface area (Å²) in [6, 6.07) is 19.6. The zero-order valence-corrected chi connectivity index (χ0v) is 53.2. The van der Waals surface area contributed by atoms with Crippen LogP contribution in [0.4, 0.5) is 4.79 Å². The molecule has 7 amide bonds. The number of guanidine groups is 2. The van der Waals surface area contributed by atoms with Crippen molar-refractivity contribution in [3.05, 3.63) is 95.6 Å². The Labute approximate surface area is 546 Å². The summed E-state index contributed by atoms with van der Waals surface area (Å²) in [5, 5.41) is 60.6. The second kappa shape index (κ2) is 43.3. The van der Waals surface area contributed by atoms with Crippen molar-refractivity contribution in [2.75, 3.05) is 118 Å². The second-order valence-electron chi connectivity index (χ2n) is 22.1. The first kappa shape index (κ1) is 77.0. The molecule has 3 aromatic carbocycles. The fourth-order valence-corrected chi connectivity index (χ4v) is 9.84. The maximum atomic E-state index is 14.6. The lowest BCUT2D eigenvalue weighted by molar-refractivity contribution is -0.140. The largest absolute Gasteiger partial charge is 0.508 e. The highest BCUT2D eigenvalue weighted by atomic mass is 16.5. The molecule has 1 aliphatic heterocycles. The lowest BCUT2D eigenvalue weighted by atomic mass is 9.90. The third kappa shape index (κ3) is 31.7. The maximum Gasteiger partial charge on any atom is 0.321 e. The number of amides is 7. The van der Waals surface area contributed by atoms with Crippen LogP contribution < -0.4 is 64.5 Å². The highest BCUT2D eigenvalue weighted by Crippen LogP contribution is 2.28. The van der Waals surface area contributed by atoms with E-state index in [2.05, 4.69) is 52.5 Å². The molecule has 32 heteroatoms. The molecule has 3 aromatic rings. The molecule has 1 heterocycles. The van der Waals surface area contributed by atoms with Gasteiger partial charge >= 0.3 is 23.9 Å². The third-order valence-electron chi connectivity index (χ3n) is 14.8. The van der Waals surface area contributed by atoms with Crippen LogP contribution >= 0.6 is 0 Å². The monoisotopic (exact) mass is 1320 g/mol. The van der Waals surface area contributed by atoms with E-state index in [1.807, 2.05) is 6.07 Å². The third-order valence-corrected chi connectivity index (χ3v) is 14.8. The number of carbonyl (C=O) groups is 10. The molecule has 1 saturated heterocycles. The molecule has 0 aliphatic carbocycles. The van der Waals surface area contributed by atoms with Crippen LogP contribution in [0.15, 0.2) is 88.8 Å². The number of urea groups is 1. The summed E-state index contributed by atoms with van der Waals surface area (Å²) in [5.74, 6) is -6.09. The van der Waals surface area contributed by atoms with E-state index in [0.717, 1.165) is 0 Å². The first-order valence-electron chi connectivity index (χ1n) is 31.3. The average molecular weight is 1320 g/mol. The van der Waals surface area contributed by atoms with Gasteiger partial charge in [-0.15, -0.1) is 0 Å². The van der Waals surface area contributed by atoms with Crippen LogP contribution in [0.2, 0.25) is 0 Å². The van der Waals surface area contributed by atoms with Crippen molar-refractivity contribution in [3.63, 3.8) is 0 Å². The predicted octanol–water partition coefficient (Wildman–Crippen LogP) is -1.96. The van der Waals surface area contributed by atoms with Crippen molar-refractivity contribution in [2.45, 2.75) is 89.0 Å². The summed E-state index contributed by atoms with van der Waals surface area (Å²) in [6.45, 7) is 3.28. The summed E-state index contributed by atoms with van der Waals surface area (Å²) < 4.78 is 6.16. The zero-order chi connectivity index (χ0) is 68.6. The normalized spacial score (nSPS) is 15.0. The molecule has 2 unspecified atom stereocenters. The van der Waals surface area contributed by atoms with Crippen LogP contribution in [0.1, 0.15) is 80.9 Å². The molecule has 1 fully saturated rings. The SMILES string of the molecule is CCC(=O)NCCNC(=O)NC(N)=NCCC[C@@H](NC(=O)C(c1ccccc1)c1cccc(OCCCCNC(=O)[C@@H](CCCN=C(N)N)NC(=O)CCNC(C=O)N2CCN(CC(=O)O)CCN(CC(=O)O)CCN(CC(=O)O)CC2)c1)C(=O)NCc1ccc(O)cc1. The van der Waals surface area contributed by atoms with E-state index in [9.17, 15) is 68.4 Å². The van der Waals surface area contributed by atoms with E-state index >= 15 is 0 Å². The Morgan fingerprint density at radius 3 is 1.74 bits per heavy atom. The summed E-state index contributed by atoms with van der Waals surface area (Å²) in [6.07, 6.45) is 1.65. The van der Waals surface area contributed by atoms with Crippen LogP contribution in [0.5, 0.6) is 11.5 Å².